The van der Waals surface area contributed by atoms with Crippen molar-refractivity contribution >= 4 is 32.8 Å². The fourth-order valence-corrected chi connectivity index (χ4v) is 2.65. The highest BCUT2D eigenvalue weighted by Crippen LogP contribution is 2.15. The monoisotopic (exact) mass is 374 g/mol. The molecule has 0 aliphatic rings. The molecule has 0 aliphatic carbocycles. The molecule has 0 bridgehead atoms. The number of hydrogen-bond acceptors (Lipinski definition) is 2. The zero-order valence-electron chi connectivity index (χ0n) is 12.5. The Bertz CT molecular complexity index is 392. The molecule has 1 aromatic carbocycles. The Labute approximate surface area is 141 Å². The highest BCUT2D eigenvalue weighted by molar-refractivity contribution is 9.09. The fourth-order valence-electron chi connectivity index (χ4n) is 2.13. The first-order chi connectivity index (χ1) is 10.2. The molecule has 0 atom stereocenters. The quantitative estimate of drug-likeness (QED) is 0.256. The Hall–Kier alpha value is -0.540. The number of carbonyl (C=O) groups is 1. The minimum Gasteiger partial charge on any atom is -0.494 e. The first-order valence-electron chi connectivity index (χ1n) is 7.72. The summed E-state index contributed by atoms with van der Waals surface area (Å²) in [6, 6.07) is 6.97. The zero-order chi connectivity index (χ0) is 15.3. The van der Waals surface area contributed by atoms with Gasteiger partial charge in [0.1, 0.15) is 5.75 Å². The second kappa shape index (κ2) is 12.0. The molecule has 21 heavy (non-hydrogen) atoms. The lowest BCUT2D eigenvalue weighted by Gasteiger charge is -2.06. The Balaban J connectivity index is 1.98. The van der Waals surface area contributed by atoms with Crippen LogP contribution in [-0.2, 0) is 0 Å². The molecule has 1 aromatic rings. The standard InChI is InChI=1S/C17H24BrClO2/c18-13-7-5-3-1-2-4-6-8-14-21-16-11-9-15(10-12-16)17(19)20/h9-12H,1-8,13-14H2. The van der Waals surface area contributed by atoms with Gasteiger partial charge in [0.25, 0.3) is 5.24 Å². The van der Waals surface area contributed by atoms with Gasteiger partial charge < -0.3 is 4.74 Å². The molecule has 1 rings (SSSR count). The summed E-state index contributed by atoms with van der Waals surface area (Å²) in [5.74, 6) is 0.798. The van der Waals surface area contributed by atoms with Crippen molar-refractivity contribution in [3.63, 3.8) is 0 Å². The van der Waals surface area contributed by atoms with Crippen LogP contribution >= 0.6 is 27.5 Å². The largest absolute Gasteiger partial charge is 0.494 e. The van der Waals surface area contributed by atoms with E-state index in [0.717, 1.165) is 24.1 Å². The van der Waals surface area contributed by atoms with E-state index in [9.17, 15) is 4.79 Å². The van der Waals surface area contributed by atoms with Crippen LogP contribution in [0.1, 0.15) is 61.7 Å². The van der Waals surface area contributed by atoms with Crippen LogP contribution in [0.4, 0.5) is 0 Å². The van der Waals surface area contributed by atoms with Gasteiger partial charge in [-0.05, 0) is 48.7 Å². The van der Waals surface area contributed by atoms with Crippen LogP contribution in [0, 0.1) is 0 Å². The maximum absolute atomic E-state index is 10.9. The Kier molecular flexibility index (Phi) is 10.6. The van der Waals surface area contributed by atoms with Gasteiger partial charge in [0, 0.05) is 10.9 Å². The van der Waals surface area contributed by atoms with Gasteiger partial charge in [0.15, 0.2) is 0 Å². The summed E-state index contributed by atoms with van der Waals surface area (Å²) >= 11 is 8.84. The summed E-state index contributed by atoms with van der Waals surface area (Å²) in [5.41, 5.74) is 0.504. The van der Waals surface area contributed by atoms with E-state index < -0.39 is 5.24 Å². The summed E-state index contributed by atoms with van der Waals surface area (Å²) in [4.78, 5) is 10.9. The lowest BCUT2D eigenvalue weighted by Crippen LogP contribution is -1.98. The fraction of sp³-hybridized carbons (Fsp3) is 0.588. The van der Waals surface area contributed by atoms with Crippen LogP contribution in [0.3, 0.4) is 0 Å². The smallest absolute Gasteiger partial charge is 0.252 e. The van der Waals surface area contributed by atoms with E-state index >= 15 is 0 Å². The summed E-state index contributed by atoms with van der Waals surface area (Å²) < 4.78 is 5.64. The summed E-state index contributed by atoms with van der Waals surface area (Å²) in [5, 5.41) is 0.697. The predicted molar refractivity (Wildman–Crippen MR) is 92.9 cm³/mol. The number of carbonyl (C=O) groups excluding carboxylic acids is 1. The number of rotatable bonds is 12. The maximum Gasteiger partial charge on any atom is 0.252 e. The predicted octanol–water partition coefficient (Wildman–Crippen LogP) is 5.96. The number of hydrogen-bond donors (Lipinski definition) is 0. The van der Waals surface area contributed by atoms with Gasteiger partial charge in [-0.25, -0.2) is 0 Å². The molecule has 0 aliphatic heterocycles. The third-order valence-corrected chi connectivity index (χ3v) is 4.16. The average Bonchev–Trinajstić information content (AvgIpc) is 2.49. The summed E-state index contributed by atoms with van der Waals surface area (Å²) in [7, 11) is 0. The van der Waals surface area contributed by atoms with Crippen molar-refractivity contribution in [2.24, 2.45) is 0 Å². The van der Waals surface area contributed by atoms with Gasteiger partial charge in [0.05, 0.1) is 6.61 Å². The maximum atomic E-state index is 10.9. The number of alkyl halides is 1. The SMILES string of the molecule is O=C(Cl)c1ccc(OCCCCCCCCCCBr)cc1. The average molecular weight is 376 g/mol. The minimum atomic E-state index is -0.433. The van der Waals surface area contributed by atoms with Crippen LogP contribution < -0.4 is 4.74 Å². The Morgan fingerprint density at radius 3 is 1.95 bits per heavy atom. The molecular formula is C17H24BrClO2. The molecule has 0 amide bonds. The molecule has 0 heterocycles. The van der Waals surface area contributed by atoms with Crippen LogP contribution in [-0.4, -0.2) is 17.2 Å². The summed E-state index contributed by atoms with van der Waals surface area (Å²) in [6.07, 6.45) is 10.3. The highest BCUT2D eigenvalue weighted by atomic mass is 79.9. The molecule has 0 unspecified atom stereocenters. The molecule has 2 nitrogen and oxygen atoms in total. The molecule has 0 radical (unpaired) electrons. The van der Waals surface area contributed by atoms with E-state index in [4.69, 9.17) is 16.3 Å². The van der Waals surface area contributed by atoms with E-state index in [1.165, 1.54) is 44.9 Å². The van der Waals surface area contributed by atoms with E-state index in [-0.39, 0.29) is 0 Å². The van der Waals surface area contributed by atoms with Crippen molar-refractivity contribution in [2.75, 3.05) is 11.9 Å². The topological polar surface area (TPSA) is 26.3 Å². The lowest BCUT2D eigenvalue weighted by atomic mass is 10.1. The van der Waals surface area contributed by atoms with Gasteiger partial charge in [-0.3, -0.25) is 4.79 Å². The second-order valence-corrected chi connectivity index (χ2v) is 6.30. The van der Waals surface area contributed by atoms with Crippen molar-refractivity contribution < 1.29 is 9.53 Å². The van der Waals surface area contributed by atoms with Crippen molar-refractivity contribution in [1.82, 2.24) is 0 Å². The second-order valence-electron chi connectivity index (χ2n) is 5.16. The lowest BCUT2D eigenvalue weighted by molar-refractivity contribution is 0.108. The molecule has 4 heteroatoms. The van der Waals surface area contributed by atoms with Gasteiger partial charge in [0.2, 0.25) is 0 Å². The number of ether oxygens (including phenoxy) is 1. The minimum absolute atomic E-state index is 0.433. The highest BCUT2D eigenvalue weighted by Gasteiger charge is 2.01. The molecule has 0 saturated heterocycles. The van der Waals surface area contributed by atoms with E-state index in [1.54, 1.807) is 24.3 Å². The number of unbranched alkanes of at least 4 members (excludes halogenated alkanes) is 7. The van der Waals surface area contributed by atoms with Gasteiger partial charge in [-0.1, -0.05) is 54.5 Å². The molecule has 118 valence electrons. The van der Waals surface area contributed by atoms with Crippen LogP contribution in [0.25, 0.3) is 0 Å². The molecular weight excluding hydrogens is 352 g/mol. The molecule has 0 saturated carbocycles. The number of benzene rings is 1. The van der Waals surface area contributed by atoms with E-state index in [0.29, 0.717) is 5.56 Å². The zero-order valence-corrected chi connectivity index (χ0v) is 14.8. The van der Waals surface area contributed by atoms with Crippen molar-refractivity contribution in [2.45, 2.75) is 51.4 Å². The van der Waals surface area contributed by atoms with Gasteiger partial charge >= 0.3 is 0 Å². The van der Waals surface area contributed by atoms with Crippen LogP contribution in [0.5, 0.6) is 5.75 Å². The van der Waals surface area contributed by atoms with Crippen LogP contribution in [0.15, 0.2) is 24.3 Å². The molecule has 0 N–H and O–H groups in total. The van der Waals surface area contributed by atoms with Crippen LogP contribution in [0.2, 0.25) is 0 Å². The normalized spacial score (nSPS) is 10.6. The molecule has 0 fully saturated rings. The van der Waals surface area contributed by atoms with Crippen molar-refractivity contribution in [1.29, 1.82) is 0 Å². The van der Waals surface area contributed by atoms with Gasteiger partial charge in [-0.2, -0.15) is 0 Å². The van der Waals surface area contributed by atoms with Crippen molar-refractivity contribution in [3.05, 3.63) is 29.8 Å². The Morgan fingerprint density at radius 2 is 1.43 bits per heavy atom. The Morgan fingerprint density at radius 1 is 0.905 bits per heavy atom. The first-order valence-corrected chi connectivity index (χ1v) is 9.22. The van der Waals surface area contributed by atoms with E-state index in [1.807, 2.05) is 0 Å². The third kappa shape index (κ3) is 9.15. The third-order valence-electron chi connectivity index (χ3n) is 3.38. The summed E-state index contributed by atoms with van der Waals surface area (Å²) in [6.45, 7) is 0.734. The number of halogens is 2. The molecule has 0 spiro atoms. The first kappa shape index (κ1) is 18.5. The van der Waals surface area contributed by atoms with E-state index in [2.05, 4.69) is 15.9 Å². The van der Waals surface area contributed by atoms with Crippen molar-refractivity contribution in [3.8, 4) is 5.75 Å². The van der Waals surface area contributed by atoms with Gasteiger partial charge in [-0.15, -0.1) is 0 Å². The molecule has 0 aromatic heterocycles.